The monoisotopic (exact) mass is 959 g/mol. The van der Waals surface area contributed by atoms with Crippen LogP contribution in [0.2, 0.25) is 0 Å². The van der Waals surface area contributed by atoms with Crippen LogP contribution in [-0.2, 0) is 27.9 Å². The number of quaternary nitrogens is 1. The molecule has 10 heteroatoms. The Bertz CT molecular complexity index is 1380. The molecule has 0 aromatic rings. The molecule has 0 rings (SSSR count). The number of likely N-dealkylation sites (N-methyl/N-ethyl adjacent to an activating group) is 1. The van der Waals surface area contributed by atoms with Crippen LogP contribution in [0, 0.1) is 0 Å². The van der Waals surface area contributed by atoms with Crippen LogP contribution in [0.25, 0.3) is 0 Å². The van der Waals surface area contributed by atoms with E-state index in [0.29, 0.717) is 23.9 Å². The summed E-state index contributed by atoms with van der Waals surface area (Å²) in [7, 11) is 1.13. The van der Waals surface area contributed by atoms with Crippen molar-refractivity contribution in [1.29, 1.82) is 0 Å². The molecule has 0 aromatic heterocycles. The van der Waals surface area contributed by atoms with E-state index in [4.69, 9.17) is 13.8 Å². The molecule has 67 heavy (non-hydrogen) atoms. The highest BCUT2D eigenvalue weighted by atomic mass is 31.2. The predicted octanol–water partition coefficient (Wildman–Crippen LogP) is 15.5. The van der Waals surface area contributed by atoms with E-state index in [-0.39, 0.29) is 31.3 Å². The van der Waals surface area contributed by atoms with Crippen molar-refractivity contribution in [3.8, 4) is 0 Å². The van der Waals surface area contributed by atoms with Crippen molar-refractivity contribution in [2.45, 2.75) is 238 Å². The molecule has 0 spiro atoms. The summed E-state index contributed by atoms with van der Waals surface area (Å²) < 4.78 is 30.1. The number of rotatable bonds is 48. The largest absolute Gasteiger partial charge is 0.756 e. The normalized spacial score (nSPS) is 14.4. The number of phosphoric acid groups is 1. The van der Waals surface area contributed by atoms with Crippen molar-refractivity contribution < 1.29 is 37.3 Å². The van der Waals surface area contributed by atoms with E-state index in [1.807, 2.05) is 33.3 Å². The molecule has 0 fully saturated rings. The molecular weight excluding hydrogens is 856 g/mol. The summed E-state index contributed by atoms with van der Waals surface area (Å²) in [6.07, 6.45) is 58.8. The predicted molar refractivity (Wildman–Crippen MR) is 284 cm³/mol. The molecule has 0 bridgehead atoms. The number of allylic oxidation sites excluding steroid dienone is 11. The fraction of sp³-hybridized carbons (Fsp3) is 0.754. The third-order valence-corrected chi connectivity index (χ3v) is 12.6. The minimum absolute atomic E-state index is 0.0378. The summed E-state index contributed by atoms with van der Waals surface area (Å²) in [6, 6.07) is -0.928. The lowest BCUT2D eigenvalue weighted by Gasteiger charge is -2.30. The Balaban J connectivity index is 5.48. The maximum absolute atomic E-state index is 13.4. The summed E-state index contributed by atoms with van der Waals surface area (Å²) >= 11 is 0. The number of ether oxygens (including phenoxy) is 1. The Morgan fingerprint density at radius 3 is 1.42 bits per heavy atom. The number of unbranched alkanes of at least 4 members (excludes halogenated alkanes) is 22. The maximum Gasteiger partial charge on any atom is 0.306 e. The third kappa shape index (κ3) is 48.3. The number of hydrogen-bond donors (Lipinski definition) is 1. The van der Waals surface area contributed by atoms with Gasteiger partial charge in [0.2, 0.25) is 5.91 Å². The zero-order chi connectivity index (χ0) is 49.4. The lowest BCUT2D eigenvalue weighted by Crippen LogP contribution is -2.47. The molecule has 0 aliphatic rings. The average molecular weight is 959 g/mol. The number of phosphoric ester groups is 1. The molecule has 1 N–H and O–H groups in total. The fourth-order valence-corrected chi connectivity index (χ4v) is 8.06. The van der Waals surface area contributed by atoms with E-state index >= 15 is 0 Å². The Morgan fingerprint density at radius 2 is 0.925 bits per heavy atom. The summed E-state index contributed by atoms with van der Waals surface area (Å²) in [5, 5.41) is 2.96. The molecular formula is C57H103N2O7P. The Labute approximate surface area is 413 Å². The van der Waals surface area contributed by atoms with Gasteiger partial charge in [-0.05, 0) is 89.5 Å². The lowest BCUT2D eigenvalue weighted by atomic mass is 10.1. The quantitative estimate of drug-likeness (QED) is 0.0212. The Hall–Kier alpha value is -2.55. The molecule has 0 aliphatic heterocycles. The van der Waals surface area contributed by atoms with Crippen LogP contribution >= 0.6 is 7.82 Å². The number of amides is 1. The van der Waals surface area contributed by atoms with Gasteiger partial charge < -0.3 is 28.5 Å². The highest BCUT2D eigenvalue weighted by Gasteiger charge is 2.27. The van der Waals surface area contributed by atoms with Gasteiger partial charge >= 0.3 is 5.97 Å². The maximum atomic E-state index is 13.4. The molecule has 9 nitrogen and oxygen atoms in total. The first kappa shape index (κ1) is 64.5. The van der Waals surface area contributed by atoms with Gasteiger partial charge in [-0.25, -0.2) is 0 Å². The molecule has 1 amide bonds. The molecule has 388 valence electrons. The topological polar surface area (TPSA) is 114 Å². The van der Waals surface area contributed by atoms with Gasteiger partial charge in [0.1, 0.15) is 19.3 Å². The minimum Gasteiger partial charge on any atom is -0.756 e. The second-order valence-electron chi connectivity index (χ2n) is 19.4. The lowest BCUT2D eigenvalue weighted by molar-refractivity contribution is -0.870. The van der Waals surface area contributed by atoms with Gasteiger partial charge in [-0.1, -0.05) is 197 Å². The Morgan fingerprint density at radius 1 is 0.522 bits per heavy atom. The van der Waals surface area contributed by atoms with Crippen molar-refractivity contribution in [3.05, 3.63) is 72.9 Å². The molecule has 0 saturated heterocycles. The zero-order valence-electron chi connectivity index (χ0n) is 44.1. The highest BCUT2D eigenvalue weighted by Crippen LogP contribution is 2.38. The fourth-order valence-electron chi connectivity index (χ4n) is 7.34. The summed E-state index contributed by atoms with van der Waals surface area (Å²) in [5.74, 6) is -0.649. The minimum atomic E-state index is -4.71. The van der Waals surface area contributed by atoms with E-state index in [0.717, 1.165) is 70.6 Å². The van der Waals surface area contributed by atoms with Gasteiger partial charge in [0.15, 0.2) is 0 Å². The second kappa shape index (κ2) is 47.1. The molecule has 3 unspecified atom stereocenters. The smallest absolute Gasteiger partial charge is 0.306 e. The summed E-state index contributed by atoms with van der Waals surface area (Å²) in [5.41, 5.74) is 0. The summed E-state index contributed by atoms with van der Waals surface area (Å²) in [6.45, 7) is 6.72. The molecule has 3 atom stereocenters. The van der Waals surface area contributed by atoms with E-state index in [1.165, 1.54) is 109 Å². The van der Waals surface area contributed by atoms with E-state index in [2.05, 4.69) is 80.8 Å². The van der Waals surface area contributed by atoms with Gasteiger partial charge in [-0.15, -0.1) is 0 Å². The van der Waals surface area contributed by atoms with Crippen LogP contribution < -0.4 is 10.2 Å². The molecule has 0 aliphatic carbocycles. The van der Waals surface area contributed by atoms with E-state index in [9.17, 15) is 19.0 Å². The van der Waals surface area contributed by atoms with Gasteiger partial charge in [0.05, 0.1) is 33.8 Å². The molecule has 0 aromatic carbocycles. The number of carbonyl (C=O) groups excluding carboxylic acids is 2. The van der Waals surface area contributed by atoms with Crippen molar-refractivity contribution in [2.75, 3.05) is 40.9 Å². The zero-order valence-corrected chi connectivity index (χ0v) is 45.0. The van der Waals surface area contributed by atoms with Crippen LogP contribution in [0.5, 0.6) is 0 Å². The van der Waals surface area contributed by atoms with Crippen LogP contribution in [-0.4, -0.2) is 69.4 Å². The van der Waals surface area contributed by atoms with Gasteiger partial charge in [0.25, 0.3) is 7.82 Å². The van der Waals surface area contributed by atoms with Crippen molar-refractivity contribution in [3.63, 3.8) is 0 Å². The summed E-state index contributed by atoms with van der Waals surface area (Å²) in [4.78, 5) is 39.7. The van der Waals surface area contributed by atoms with Gasteiger partial charge in [0, 0.05) is 12.8 Å². The SMILES string of the molecule is CCCCC/C=C\C/C=C\C/C=C\CCCCCCC(=O)OC(/C=C/CCCCCCCCCCC)C(COP(=O)([O-])OCC[N+](C)(C)C)NC(=O)CC/C=C/C/C=C\CCCCCCCC. The van der Waals surface area contributed by atoms with Crippen molar-refractivity contribution in [2.24, 2.45) is 0 Å². The van der Waals surface area contributed by atoms with Crippen molar-refractivity contribution >= 4 is 19.7 Å². The van der Waals surface area contributed by atoms with E-state index < -0.39 is 26.6 Å². The van der Waals surface area contributed by atoms with E-state index in [1.54, 1.807) is 6.08 Å². The van der Waals surface area contributed by atoms with Crippen LogP contribution in [0.15, 0.2) is 72.9 Å². The number of carbonyl (C=O) groups is 2. The van der Waals surface area contributed by atoms with Crippen LogP contribution in [0.1, 0.15) is 226 Å². The number of nitrogens with zero attached hydrogens (tertiary/aromatic N) is 1. The number of nitrogens with one attached hydrogen (secondary N) is 1. The van der Waals surface area contributed by atoms with Gasteiger partial charge in [-0.3, -0.25) is 14.2 Å². The standard InChI is InChI=1S/C57H103N2O7P/c1-7-10-13-16-19-22-25-27-28-29-30-32-35-38-41-44-47-50-57(61)66-55(48-45-42-39-36-33-24-21-18-15-12-9-3)54(53-65-67(62,63)64-52-51-59(4,5)6)58-56(60)49-46-43-40-37-34-31-26-23-20-17-14-11-8-2/h19,22,27-28,30-32,34,40,43,45,48,54-55H,7-18,20-21,23-26,29,33,35-39,41-42,44,46-47,49-53H2,1-6H3,(H-,58,60,62,63)/b22-19-,28-27-,32-30-,34-31-,43-40+,48-45+. The van der Waals surface area contributed by atoms with Crippen LogP contribution in [0.4, 0.5) is 0 Å². The molecule has 0 heterocycles. The first-order valence-electron chi connectivity index (χ1n) is 27.2. The highest BCUT2D eigenvalue weighted by molar-refractivity contribution is 7.45. The number of esters is 1. The van der Waals surface area contributed by atoms with Crippen molar-refractivity contribution in [1.82, 2.24) is 5.32 Å². The van der Waals surface area contributed by atoms with Crippen LogP contribution in [0.3, 0.4) is 0 Å². The van der Waals surface area contributed by atoms with Gasteiger partial charge in [-0.2, -0.15) is 0 Å². The average Bonchev–Trinajstić information content (AvgIpc) is 3.28. The first-order valence-corrected chi connectivity index (χ1v) is 28.7. The Kier molecular flexibility index (Phi) is 45.3. The second-order valence-corrected chi connectivity index (χ2v) is 20.8. The number of hydrogen-bond acceptors (Lipinski definition) is 7. The first-order chi connectivity index (χ1) is 32.4. The molecule has 0 radical (unpaired) electrons. The third-order valence-electron chi connectivity index (χ3n) is 11.6. The molecule has 0 saturated carbocycles.